The van der Waals surface area contributed by atoms with Gasteiger partial charge < -0.3 is 14.8 Å². The molecule has 1 N–H and O–H groups in total. The lowest BCUT2D eigenvalue weighted by Gasteiger charge is -2.14. The van der Waals surface area contributed by atoms with Crippen LogP contribution < -0.4 is 20.3 Å². The minimum Gasteiger partial charge on any atom is -0.497 e. The average molecular weight is 450 g/mol. The van der Waals surface area contributed by atoms with Crippen LogP contribution in [0, 0.1) is 0 Å². The van der Waals surface area contributed by atoms with Gasteiger partial charge in [-0.2, -0.15) is 5.10 Å². The van der Waals surface area contributed by atoms with Crippen LogP contribution in [0.15, 0.2) is 71.5 Å². The van der Waals surface area contributed by atoms with E-state index in [0.29, 0.717) is 45.3 Å². The molecule has 1 heterocycles. The molecule has 0 aliphatic rings. The number of fused-ring (bicyclic) bond motifs is 1. The van der Waals surface area contributed by atoms with Crippen LogP contribution >= 0.6 is 11.6 Å². The van der Waals surface area contributed by atoms with Crippen LogP contribution in [-0.4, -0.2) is 22.8 Å². The van der Waals surface area contributed by atoms with Gasteiger partial charge in [-0.1, -0.05) is 29.8 Å². The van der Waals surface area contributed by atoms with E-state index in [-0.39, 0.29) is 11.3 Å². The second-order valence-electron chi connectivity index (χ2n) is 6.89. The summed E-state index contributed by atoms with van der Waals surface area (Å²) in [5.74, 6) is 1.18. The van der Waals surface area contributed by atoms with E-state index in [0.717, 1.165) is 0 Å². The molecular formula is C24H20ClN3O4. The Kier molecular flexibility index (Phi) is 6.09. The number of rotatable bonds is 6. The van der Waals surface area contributed by atoms with Crippen molar-refractivity contribution in [3.05, 3.63) is 87.8 Å². The number of aromatic nitrogens is 2. The van der Waals surface area contributed by atoms with Crippen molar-refractivity contribution in [2.75, 3.05) is 12.4 Å². The van der Waals surface area contributed by atoms with Gasteiger partial charge in [0.05, 0.1) is 18.2 Å². The Balaban J connectivity index is 1.70. The molecule has 4 rings (SSSR count). The Labute approximate surface area is 189 Å². The van der Waals surface area contributed by atoms with E-state index in [2.05, 4.69) is 10.4 Å². The van der Waals surface area contributed by atoms with E-state index < -0.39 is 5.91 Å². The molecule has 0 bridgehead atoms. The maximum Gasteiger partial charge on any atom is 0.276 e. The number of halogens is 1. The number of amides is 1. The van der Waals surface area contributed by atoms with Crippen molar-refractivity contribution in [1.29, 1.82) is 0 Å². The third-order valence-electron chi connectivity index (χ3n) is 4.86. The molecule has 8 heteroatoms. The van der Waals surface area contributed by atoms with Crippen LogP contribution in [0.4, 0.5) is 5.69 Å². The predicted molar refractivity (Wildman–Crippen MR) is 124 cm³/mol. The highest BCUT2D eigenvalue weighted by atomic mass is 35.5. The lowest BCUT2D eigenvalue weighted by Crippen LogP contribution is -2.27. The zero-order valence-electron chi connectivity index (χ0n) is 17.5. The van der Waals surface area contributed by atoms with Crippen molar-refractivity contribution in [3.63, 3.8) is 0 Å². The van der Waals surface area contributed by atoms with Crippen molar-refractivity contribution >= 4 is 34.0 Å². The Morgan fingerprint density at radius 2 is 1.72 bits per heavy atom. The molecule has 0 fully saturated rings. The number of nitrogens with zero attached hydrogens (tertiary/aromatic N) is 2. The number of carbonyl (C=O) groups is 1. The van der Waals surface area contributed by atoms with Crippen molar-refractivity contribution in [2.24, 2.45) is 0 Å². The highest BCUT2D eigenvalue weighted by molar-refractivity contribution is 6.31. The lowest BCUT2D eigenvalue weighted by atomic mass is 10.1. The molecule has 0 saturated heterocycles. The van der Waals surface area contributed by atoms with Crippen molar-refractivity contribution in [3.8, 4) is 17.2 Å². The molecule has 4 aromatic rings. The molecule has 162 valence electrons. The summed E-state index contributed by atoms with van der Waals surface area (Å²) < 4.78 is 12.4. The van der Waals surface area contributed by atoms with Crippen LogP contribution in [-0.2, 0) is 6.54 Å². The Morgan fingerprint density at radius 3 is 2.41 bits per heavy atom. The molecule has 32 heavy (non-hydrogen) atoms. The van der Waals surface area contributed by atoms with Gasteiger partial charge in [0.15, 0.2) is 11.4 Å². The quantitative estimate of drug-likeness (QED) is 0.441. The number of carbonyl (C=O) groups excluding carboxylic acids is 1. The van der Waals surface area contributed by atoms with E-state index in [1.807, 2.05) is 0 Å². The fourth-order valence-electron chi connectivity index (χ4n) is 3.26. The number of methoxy groups -OCH3 is 1. The summed E-state index contributed by atoms with van der Waals surface area (Å²) in [6.45, 7) is 2.13. The van der Waals surface area contributed by atoms with Crippen molar-refractivity contribution in [1.82, 2.24) is 9.78 Å². The zero-order valence-corrected chi connectivity index (χ0v) is 18.2. The van der Waals surface area contributed by atoms with Gasteiger partial charge in [-0.3, -0.25) is 9.59 Å². The summed E-state index contributed by atoms with van der Waals surface area (Å²) in [4.78, 5) is 25.8. The SMILES string of the molecule is CCn1nc(C(=O)Nc2cc(Cl)ccc2Oc2ccc(OC)cc2)c2ccccc2c1=O. The topological polar surface area (TPSA) is 82.5 Å². The summed E-state index contributed by atoms with van der Waals surface area (Å²) in [6, 6.07) is 18.9. The number of hydrogen-bond donors (Lipinski definition) is 1. The number of benzene rings is 3. The lowest BCUT2D eigenvalue weighted by molar-refractivity contribution is 0.102. The summed E-state index contributed by atoms with van der Waals surface area (Å²) in [5, 5.41) is 8.42. The van der Waals surface area contributed by atoms with Gasteiger partial charge in [0, 0.05) is 17.0 Å². The largest absolute Gasteiger partial charge is 0.497 e. The Morgan fingerprint density at radius 1 is 1.03 bits per heavy atom. The molecule has 1 amide bonds. The van der Waals surface area contributed by atoms with Gasteiger partial charge in [-0.25, -0.2) is 4.68 Å². The Hall–Kier alpha value is -3.84. The van der Waals surface area contributed by atoms with Gasteiger partial charge in [0.25, 0.3) is 11.5 Å². The third-order valence-corrected chi connectivity index (χ3v) is 5.09. The first-order valence-electron chi connectivity index (χ1n) is 9.93. The molecule has 7 nitrogen and oxygen atoms in total. The molecule has 0 spiro atoms. The first-order chi connectivity index (χ1) is 15.5. The van der Waals surface area contributed by atoms with Crippen molar-refractivity contribution < 1.29 is 14.3 Å². The second kappa shape index (κ2) is 9.11. The van der Waals surface area contributed by atoms with E-state index in [1.54, 1.807) is 80.8 Å². The molecule has 0 radical (unpaired) electrons. The highest BCUT2D eigenvalue weighted by Gasteiger charge is 2.18. The minimum absolute atomic E-state index is 0.137. The van der Waals surface area contributed by atoms with Crippen LogP contribution in [0.5, 0.6) is 17.2 Å². The van der Waals surface area contributed by atoms with E-state index >= 15 is 0 Å². The van der Waals surface area contributed by atoms with E-state index in [4.69, 9.17) is 21.1 Å². The number of anilines is 1. The molecule has 0 saturated carbocycles. The highest BCUT2D eigenvalue weighted by Crippen LogP contribution is 2.33. The predicted octanol–water partition coefficient (Wildman–Crippen LogP) is 5.12. The number of nitrogens with one attached hydrogen (secondary N) is 1. The van der Waals surface area contributed by atoms with Crippen LogP contribution in [0.25, 0.3) is 10.8 Å². The van der Waals surface area contributed by atoms with Crippen LogP contribution in [0.2, 0.25) is 5.02 Å². The molecule has 1 aromatic heterocycles. The van der Waals surface area contributed by atoms with Gasteiger partial charge in [0.1, 0.15) is 11.5 Å². The van der Waals surface area contributed by atoms with Gasteiger partial charge in [-0.05, 0) is 55.5 Å². The van der Waals surface area contributed by atoms with Crippen molar-refractivity contribution in [2.45, 2.75) is 13.5 Å². The number of ether oxygens (including phenoxy) is 2. The average Bonchev–Trinajstić information content (AvgIpc) is 2.81. The van der Waals surface area contributed by atoms with E-state index in [1.165, 1.54) is 4.68 Å². The molecule has 0 aliphatic carbocycles. The first kappa shape index (κ1) is 21.4. The molecule has 3 aromatic carbocycles. The summed E-state index contributed by atoms with van der Waals surface area (Å²) in [7, 11) is 1.59. The monoisotopic (exact) mass is 449 g/mol. The zero-order chi connectivity index (χ0) is 22.7. The number of hydrogen-bond acceptors (Lipinski definition) is 5. The minimum atomic E-state index is -0.481. The van der Waals surface area contributed by atoms with Gasteiger partial charge in [-0.15, -0.1) is 0 Å². The normalized spacial score (nSPS) is 10.7. The summed E-state index contributed by atoms with van der Waals surface area (Å²) in [6.07, 6.45) is 0. The van der Waals surface area contributed by atoms with Crippen LogP contribution in [0.3, 0.4) is 0 Å². The summed E-state index contributed by atoms with van der Waals surface area (Å²) >= 11 is 6.17. The van der Waals surface area contributed by atoms with Crippen LogP contribution in [0.1, 0.15) is 17.4 Å². The van der Waals surface area contributed by atoms with E-state index in [9.17, 15) is 9.59 Å². The smallest absolute Gasteiger partial charge is 0.276 e. The molecular weight excluding hydrogens is 430 g/mol. The molecule has 0 unspecified atom stereocenters. The third kappa shape index (κ3) is 4.29. The molecule has 0 atom stereocenters. The molecule has 0 aliphatic heterocycles. The van der Waals surface area contributed by atoms with Gasteiger partial charge >= 0.3 is 0 Å². The maximum atomic E-state index is 13.2. The fourth-order valence-corrected chi connectivity index (χ4v) is 3.43. The standard InChI is InChI=1S/C24H20ClN3O4/c1-3-28-24(30)19-7-5-4-6-18(19)22(27-28)23(29)26-20-14-15(25)8-13-21(20)32-17-11-9-16(31-2)10-12-17/h4-14H,3H2,1-2H3,(H,26,29). The fraction of sp³-hybridized carbons (Fsp3) is 0.125. The first-order valence-corrected chi connectivity index (χ1v) is 10.3. The summed E-state index contributed by atoms with van der Waals surface area (Å²) in [5.41, 5.74) is 0.266. The second-order valence-corrected chi connectivity index (χ2v) is 7.32. The number of aryl methyl sites for hydroxylation is 1. The van der Waals surface area contributed by atoms with Gasteiger partial charge in [0.2, 0.25) is 0 Å². The Bertz CT molecular complexity index is 1350. The maximum absolute atomic E-state index is 13.2.